The maximum atomic E-state index is 13.1. The molecule has 8 nitrogen and oxygen atoms in total. The number of halogens is 1. The monoisotopic (exact) mass is 463 g/mol. The second-order valence-electron chi connectivity index (χ2n) is 7.23. The van der Waals surface area contributed by atoms with Crippen molar-refractivity contribution in [1.29, 1.82) is 0 Å². The van der Waals surface area contributed by atoms with E-state index in [0.717, 1.165) is 12.1 Å². The van der Waals surface area contributed by atoms with Crippen LogP contribution < -0.4 is 10.1 Å². The largest absolute Gasteiger partial charge is 0.494 e. The van der Waals surface area contributed by atoms with Gasteiger partial charge < -0.3 is 15.0 Å². The summed E-state index contributed by atoms with van der Waals surface area (Å²) in [5, 5.41) is 2.60. The average Bonchev–Trinajstić information content (AvgIpc) is 3.05. The number of nitrogens with zero attached hydrogens (tertiary/aromatic N) is 2. The molecular weight excluding hydrogens is 437 g/mol. The number of amides is 2. The predicted molar refractivity (Wildman–Crippen MR) is 116 cm³/mol. The molecule has 1 aliphatic heterocycles. The predicted octanol–water partition coefficient (Wildman–Crippen LogP) is 1.88. The van der Waals surface area contributed by atoms with E-state index < -0.39 is 15.8 Å². The van der Waals surface area contributed by atoms with Gasteiger partial charge >= 0.3 is 0 Å². The zero-order valence-electron chi connectivity index (χ0n) is 17.8. The Morgan fingerprint density at radius 2 is 1.69 bits per heavy atom. The number of carbonyl (C=O) groups excluding carboxylic acids is 2. The lowest BCUT2D eigenvalue weighted by molar-refractivity contribution is -0.129. The third-order valence-corrected chi connectivity index (χ3v) is 7.00. The topological polar surface area (TPSA) is 96.0 Å². The highest BCUT2D eigenvalue weighted by atomic mass is 32.2. The molecule has 0 aromatic heterocycles. The Labute approximate surface area is 187 Å². The molecule has 0 aliphatic carbocycles. The van der Waals surface area contributed by atoms with Crippen LogP contribution in [0.15, 0.2) is 53.4 Å². The molecule has 1 heterocycles. The molecule has 0 radical (unpaired) electrons. The van der Waals surface area contributed by atoms with Gasteiger partial charge in [-0.1, -0.05) is 0 Å². The van der Waals surface area contributed by atoms with Crippen molar-refractivity contribution in [3.05, 3.63) is 59.9 Å². The molecule has 3 rings (SSSR count). The molecule has 0 atom stereocenters. The molecular formula is C22H26FN3O5S. The van der Waals surface area contributed by atoms with Crippen molar-refractivity contribution in [2.45, 2.75) is 18.2 Å². The van der Waals surface area contributed by atoms with E-state index in [2.05, 4.69) is 5.32 Å². The normalized spacial score (nSPS) is 15.1. The molecule has 2 aromatic rings. The highest BCUT2D eigenvalue weighted by Crippen LogP contribution is 2.18. The van der Waals surface area contributed by atoms with Gasteiger partial charge in [0.15, 0.2) is 0 Å². The van der Waals surface area contributed by atoms with Crippen LogP contribution in [0.3, 0.4) is 0 Å². The number of rotatable bonds is 7. The zero-order valence-corrected chi connectivity index (χ0v) is 18.6. The summed E-state index contributed by atoms with van der Waals surface area (Å²) in [7, 11) is -3.77. The van der Waals surface area contributed by atoms with E-state index in [4.69, 9.17) is 4.74 Å². The Morgan fingerprint density at radius 3 is 2.34 bits per heavy atom. The second kappa shape index (κ2) is 10.6. The van der Waals surface area contributed by atoms with Gasteiger partial charge in [-0.2, -0.15) is 4.31 Å². The third kappa shape index (κ3) is 5.83. The van der Waals surface area contributed by atoms with Crippen LogP contribution in [0, 0.1) is 5.82 Å². The molecule has 2 amide bonds. The molecule has 0 saturated carbocycles. The Kier molecular flexibility index (Phi) is 7.81. The summed E-state index contributed by atoms with van der Waals surface area (Å²) in [6.45, 7) is 3.17. The van der Waals surface area contributed by atoms with Gasteiger partial charge in [0, 0.05) is 31.7 Å². The highest BCUT2D eigenvalue weighted by molar-refractivity contribution is 7.89. The maximum Gasteiger partial charge on any atom is 0.251 e. The number of hydrogen-bond acceptors (Lipinski definition) is 5. The van der Waals surface area contributed by atoms with Crippen LogP contribution in [0.1, 0.15) is 23.7 Å². The van der Waals surface area contributed by atoms with E-state index in [9.17, 15) is 22.4 Å². The summed E-state index contributed by atoms with van der Waals surface area (Å²) in [6.07, 6.45) is 0.457. The number of ether oxygens (including phenoxy) is 1. The number of carbonyl (C=O) groups is 2. The third-order valence-electron chi connectivity index (χ3n) is 5.09. The van der Waals surface area contributed by atoms with Gasteiger partial charge in [0.25, 0.3) is 5.91 Å². The average molecular weight is 464 g/mol. The fraction of sp³-hybridized carbons (Fsp3) is 0.364. The second-order valence-corrected chi connectivity index (χ2v) is 9.17. The highest BCUT2D eigenvalue weighted by Gasteiger charge is 2.28. The molecule has 1 fully saturated rings. The van der Waals surface area contributed by atoms with Crippen LogP contribution in [0.5, 0.6) is 5.75 Å². The SMILES string of the molecule is CCOc1ccc(C(=O)NCC(=O)N2CCCN(S(=O)(=O)c3ccc(F)cc3)CC2)cc1. The molecule has 0 unspecified atom stereocenters. The first-order valence-corrected chi connectivity index (χ1v) is 11.8. The summed E-state index contributed by atoms with van der Waals surface area (Å²) in [5.41, 5.74) is 0.411. The summed E-state index contributed by atoms with van der Waals surface area (Å²) in [5.74, 6) is -0.518. The first-order chi connectivity index (χ1) is 15.3. The van der Waals surface area contributed by atoms with Crippen molar-refractivity contribution in [2.24, 2.45) is 0 Å². The van der Waals surface area contributed by atoms with E-state index in [1.54, 1.807) is 29.2 Å². The zero-order chi connectivity index (χ0) is 23.1. The van der Waals surface area contributed by atoms with Crippen LogP contribution in [0.4, 0.5) is 4.39 Å². The van der Waals surface area contributed by atoms with Gasteiger partial charge in [0.05, 0.1) is 18.0 Å². The maximum absolute atomic E-state index is 13.1. The van der Waals surface area contributed by atoms with E-state index in [0.29, 0.717) is 30.9 Å². The smallest absolute Gasteiger partial charge is 0.251 e. The molecule has 172 valence electrons. The minimum atomic E-state index is -3.77. The van der Waals surface area contributed by atoms with Crippen LogP contribution in [0.2, 0.25) is 0 Å². The molecule has 1 saturated heterocycles. The van der Waals surface area contributed by atoms with Crippen LogP contribution in [-0.2, 0) is 14.8 Å². The fourth-order valence-corrected chi connectivity index (χ4v) is 4.85. The number of nitrogens with one attached hydrogen (secondary N) is 1. The van der Waals surface area contributed by atoms with Crippen molar-refractivity contribution in [3.8, 4) is 5.75 Å². The van der Waals surface area contributed by atoms with Gasteiger partial charge in [-0.15, -0.1) is 0 Å². The molecule has 2 aromatic carbocycles. The lowest BCUT2D eigenvalue weighted by atomic mass is 10.2. The van der Waals surface area contributed by atoms with Crippen molar-refractivity contribution >= 4 is 21.8 Å². The molecule has 10 heteroatoms. The summed E-state index contributed by atoms with van der Waals surface area (Å²) in [4.78, 5) is 26.4. The van der Waals surface area contributed by atoms with E-state index in [1.165, 1.54) is 16.4 Å². The van der Waals surface area contributed by atoms with E-state index in [-0.39, 0.29) is 42.9 Å². The minimum absolute atomic E-state index is 0.0151. The molecule has 0 bridgehead atoms. The Morgan fingerprint density at radius 1 is 1.00 bits per heavy atom. The minimum Gasteiger partial charge on any atom is -0.494 e. The Hall–Kier alpha value is -2.98. The quantitative estimate of drug-likeness (QED) is 0.677. The first kappa shape index (κ1) is 23.7. The van der Waals surface area contributed by atoms with Crippen molar-refractivity contribution in [3.63, 3.8) is 0 Å². The molecule has 0 spiro atoms. The number of hydrogen-bond donors (Lipinski definition) is 1. The van der Waals surface area contributed by atoms with E-state index >= 15 is 0 Å². The van der Waals surface area contributed by atoms with Gasteiger partial charge in [-0.05, 0) is 61.9 Å². The first-order valence-electron chi connectivity index (χ1n) is 10.4. The van der Waals surface area contributed by atoms with Gasteiger partial charge in [0.2, 0.25) is 15.9 Å². The Balaban J connectivity index is 1.54. The standard InChI is InChI=1S/C22H26FN3O5S/c1-2-31-19-8-4-17(5-9-19)22(28)24-16-21(27)25-12-3-13-26(15-14-25)32(29,30)20-10-6-18(23)7-11-20/h4-11H,2-3,12-16H2,1H3,(H,24,28). The lowest BCUT2D eigenvalue weighted by Gasteiger charge is -2.22. The van der Waals surface area contributed by atoms with Gasteiger partial charge in [-0.25, -0.2) is 12.8 Å². The summed E-state index contributed by atoms with van der Waals surface area (Å²) < 4.78 is 45.4. The van der Waals surface area contributed by atoms with Crippen molar-refractivity contribution < 1.29 is 27.1 Å². The Bertz CT molecular complexity index is 1040. The van der Waals surface area contributed by atoms with Crippen molar-refractivity contribution in [2.75, 3.05) is 39.3 Å². The van der Waals surface area contributed by atoms with Gasteiger partial charge in [-0.3, -0.25) is 9.59 Å². The van der Waals surface area contributed by atoms with E-state index in [1.807, 2.05) is 6.92 Å². The molecule has 32 heavy (non-hydrogen) atoms. The number of benzene rings is 2. The van der Waals surface area contributed by atoms with Crippen molar-refractivity contribution in [1.82, 2.24) is 14.5 Å². The molecule has 1 aliphatic rings. The number of sulfonamides is 1. The lowest BCUT2D eigenvalue weighted by Crippen LogP contribution is -2.42. The van der Waals surface area contributed by atoms with Crippen LogP contribution in [0.25, 0.3) is 0 Å². The van der Waals surface area contributed by atoms with Crippen LogP contribution >= 0.6 is 0 Å². The summed E-state index contributed by atoms with van der Waals surface area (Å²) >= 11 is 0. The molecule has 1 N–H and O–H groups in total. The summed E-state index contributed by atoms with van der Waals surface area (Å²) in [6, 6.07) is 11.3. The van der Waals surface area contributed by atoms with Gasteiger partial charge in [0.1, 0.15) is 11.6 Å². The van der Waals surface area contributed by atoms with Crippen LogP contribution in [-0.4, -0.2) is 68.8 Å². The fourth-order valence-electron chi connectivity index (χ4n) is 3.38.